The molecule has 172 valence electrons. The Hall–Kier alpha value is -2.64. The van der Waals surface area contributed by atoms with Crippen molar-refractivity contribution in [2.45, 2.75) is 43.5 Å². The summed E-state index contributed by atoms with van der Waals surface area (Å²) < 4.78 is 28.8. The summed E-state index contributed by atoms with van der Waals surface area (Å²) in [6, 6.07) is 21.2. The molecule has 1 N–H and O–H groups in total. The number of anilines is 1. The van der Waals surface area contributed by atoms with E-state index in [-0.39, 0.29) is 23.4 Å². The Labute approximate surface area is 204 Å². The highest BCUT2D eigenvalue weighted by atomic mass is 79.9. The highest BCUT2D eigenvalue weighted by Crippen LogP contribution is 2.27. The predicted molar refractivity (Wildman–Crippen MR) is 135 cm³/mol. The van der Waals surface area contributed by atoms with Crippen molar-refractivity contribution in [3.8, 4) is 0 Å². The lowest BCUT2D eigenvalue weighted by Gasteiger charge is -2.25. The van der Waals surface area contributed by atoms with E-state index >= 15 is 0 Å². The standard InChI is InChI=1S/C26H27BrN2O3S/c1-19(21-12-11-20-7-5-6-8-22(20)17-21)28-26(30)18-29(24-15-13-23(27)14-16-24)33(31,32)25-9-3-2-4-10-25/h2-4,9-17,19H,5-8,18H2,1H3,(H,28,30). The van der Waals surface area contributed by atoms with Crippen LogP contribution in [0.2, 0.25) is 0 Å². The highest BCUT2D eigenvalue weighted by Gasteiger charge is 2.27. The fourth-order valence-corrected chi connectivity index (χ4v) is 5.87. The number of hydrogen-bond donors (Lipinski definition) is 1. The molecule has 1 aliphatic rings. The molecule has 3 aromatic rings. The van der Waals surface area contributed by atoms with Crippen LogP contribution < -0.4 is 9.62 Å². The van der Waals surface area contributed by atoms with Crippen molar-refractivity contribution in [1.29, 1.82) is 0 Å². The molecule has 5 nitrogen and oxygen atoms in total. The number of nitrogens with one attached hydrogen (secondary N) is 1. The molecule has 1 aliphatic carbocycles. The minimum absolute atomic E-state index is 0.142. The molecule has 3 aromatic carbocycles. The van der Waals surface area contributed by atoms with Gasteiger partial charge in [0, 0.05) is 4.47 Å². The van der Waals surface area contributed by atoms with Gasteiger partial charge >= 0.3 is 0 Å². The van der Waals surface area contributed by atoms with Gasteiger partial charge in [-0.05, 0) is 85.7 Å². The number of sulfonamides is 1. The summed E-state index contributed by atoms with van der Waals surface area (Å²) in [7, 11) is -3.92. The quantitative estimate of drug-likeness (QED) is 0.448. The van der Waals surface area contributed by atoms with Crippen molar-refractivity contribution in [3.05, 3.63) is 94.0 Å². The molecule has 4 rings (SSSR count). The van der Waals surface area contributed by atoms with Crippen molar-refractivity contribution in [2.75, 3.05) is 10.8 Å². The van der Waals surface area contributed by atoms with Gasteiger partial charge in [-0.15, -0.1) is 0 Å². The maximum atomic E-state index is 13.4. The van der Waals surface area contributed by atoms with Crippen LogP contribution in [-0.2, 0) is 27.7 Å². The Kier molecular flexibility index (Phi) is 7.20. The zero-order chi connectivity index (χ0) is 23.4. The van der Waals surface area contributed by atoms with Gasteiger partial charge in [0.05, 0.1) is 16.6 Å². The third-order valence-electron chi connectivity index (χ3n) is 5.98. The molecule has 0 aromatic heterocycles. The van der Waals surface area contributed by atoms with Crippen LogP contribution in [0, 0.1) is 0 Å². The van der Waals surface area contributed by atoms with E-state index in [4.69, 9.17) is 0 Å². The summed E-state index contributed by atoms with van der Waals surface area (Å²) in [5.74, 6) is -0.359. The monoisotopic (exact) mass is 526 g/mol. The Morgan fingerprint density at radius 1 is 0.970 bits per heavy atom. The van der Waals surface area contributed by atoms with Gasteiger partial charge in [0.15, 0.2) is 0 Å². The number of carbonyl (C=O) groups is 1. The lowest BCUT2D eigenvalue weighted by atomic mass is 9.89. The summed E-state index contributed by atoms with van der Waals surface area (Å²) in [6.07, 6.45) is 4.59. The average molecular weight is 527 g/mol. The first kappa shape index (κ1) is 23.5. The molecule has 1 amide bonds. The van der Waals surface area contributed by atoms with E-state index in [0.29, 0.717) is 5.69 Å². The fourth-order valence-electron chi connectivity index (χ4n) is 4.17. The first-order valence-corrected chi connectivity index (χ1v) is 13.3. The largest absolute Gasteiger partial charge is 0.348 e. The molecule has 1 atom stereocenters. The van der Waals surface area contributed by atoms with Gasteiger partial charge in [0.1, 0.15) is 6.54 Å². The second-order valence-corrected chi connectivity index (χ2v) is 11.1. The lowest BCUT2D eigenvalue weighted by Crippen LogP contribution is -2.41. The van der Waals surface area contributed by atoms with Crippen LogP contribution in [0.1, 0.15) is 42.5 Å². The molecule has 0 heterocycles. The van der Waals surface area contributed by atoms with Gasteiger partial charge < -0.3 is 5.32 Å². The number of carbonyl (C=O) groups excluding carboxylic acids is 1. The second kappa shape index (κ2) is 10.1. The minimum Gasteiger partial charge on any atom is -0.348 e. The molecule has 0 fully saturated rings. The van der Waals surface area contributed by atoms with Gasteiger partial charge in [0.2, 0.25) is 5.91 Å². The van der Waals surface area contributed by atoms with Gasteiger partial charge in [-0.1, -0.05) is 52.3 Å². The van der Waals surface area contributed by atoms with E-state index in [2.05, 4.69) is 39.4 Å². The first-order chi connectivity index (χ1) is 15.8. The Balaban J connectivity index is 1.56. The number of hydrogen-bond acceptors (Lipinski definition) is 3. The van der Waals surface area contributed by atoms with Crippen LogP contribution in [0.15, 0.2) is 82.2 Å². The van der Waals surface area contributed by atoms with E-state index in [1.807, 2.05) is 6.92 Å². The highest BCUT2D eigenvalue weighted by molar-refractivity contribution is 9.10. The van der Waals surface area contributed by atoms with Crippen molar-refractivity contribution < 1.29 is 13.2 Å². The van der Waals surface area contributed by atoms with Crippen molar-refractivity contribution >= 4 is 37.5 Å². The van der Waals surface area contributed by atoms with E-state index in [1.165, 1.54) is 36.1 Å². The number of benzene rings is 3. The van der Waals surface area contributed by atoms with E-state index in [1.54, 1.807) is 42.5 Å². The number of halogens is 1. The van der Waals surface area contributed by atoms with Crippen LogP contribution >= 0.6 is 15.9 Å². The number of nitrogens with zero attached hydrogens (tertiary/aromatic N) is 1. The molecule has 0 saturated carbocycles. The van der Waals surface area contributed by atoms with E-state index in [9.17, 15) is 13.2 Å². The van der Waals surface area contributed by atoms with Crippen LogP contribution in [-0.4, -0.2) is 20.9 Å². The molecule has 33 heavy (non-hydrogen) atoms. The number of amides is 1. The van der Waals surface area contributed by atoms with Crippen LogP contribution in [0.4, 0.5) is 5.69 Å². The number of rotatable bonds is 7. The topological polar surface area (TPSA) is 66.5 Å². The van der Waals surface area contributed by atoms with Crippen LogP contribution in [0.25, 0.3) is 0 Å². The van der Waals surface area contributed by atoms with Gasteiger partial charge in [-0.3, -0.25) is 9.10 Å². The molecular weight excluding hydrogens is 500 g/mol. The first-order valence-electron chi connectivity index (χ1n) is 11.1. The third kappa shape index (κ3) is 5.47. The third-order valence-corrected chi connectivity index (χ3v) is 8.30. The summed E-state index contributed by atoms with van der Waals surface area (Å²) in [5.41, 5.74) is 4.20. The smallest absolute Gasteiger partial charge is 0.264 e. The molecular formula is C26H27BrN2O3S. The average Bonchev–Trinajstić information content (AvgIpc) is 2.83. The SMILES string of the molecule is CC(NC(=O)CN(c1ccc(Br)cc1)S(=O)(=O)c1ccccc1)c1ccc2c(c1)CCCC2. The minimum atomic E-state index is -3.92. The number of aryl methyl sites for hydroxylation is 2. The van der Waals surface area contributed by atoms with Crippen molar-refractivity contribution in [2.24, 2.45) is 0 Å². The summed E-state index contributed by atoms with van der Waals surface area (Å²) in [4.78, 5) is 13.2. The van der Waals surface area contributed by atoms with Crippen molar-refractivity contribution in [3.63, 3.8) is 0 Å². The molecule has 0 saturated heterocycles. The zero-order valence-corrected chi connectivity index (χ0v) is 20.9. The zero-order valence-electron chi connectivity index (χ0n) is 18.5. The second-order valence-electron chi connectivity index (χ2n) is 8.33. The molecule has 0 spiro atoms. The predicted octanol–water partition coefficient (Wildman–Crippen LogP) is 5.40. The van der Waals surface area contributed by atoms with Crippen molar-refractivity contribution in [1.82, 2.24) is 5.32 Å². The van der Waals surface area contributed by atoms with Gasteiger partial charge in [-0.2, -0.15) is 0 Å². The van der Waals surface area contributed by atoms with Crippen LogP contribution in [0.5, 0.6) is 0 Å². The van der Waals surface area contributed by atoms with E-state index < -0.39 is 10.0 Å². The van der Waals surface area contributed by atoms with Crippen LogP contribution in [0.3, 0.4) is 0 Å². The number of fused-ring (bicyclic) bond motifs is 1. The van der Waals surface area contributed by atoms with E-state index in [0.717, 1.165) is 27.2 Å². The molecule has 0 aliphatic heterocycles. The van der Waals surface area contributed by atoms with Gasteiger partial charge in [-0.25, -0.2) is 8.42 Å². The Morgan fingerprint density at radius 3 is 2.33 bits per heavy atom. The molecule has 0 radical (unpaired) electrons. The molecule has 0 bridgehead atoms. The maximum Gasteiger partial charge on any atom is 0.264 e. The Bertz CT molecular complexity index is 1230. The fraction of sp³-hybridized carbons (Fsp3) is 0.269. The lowest BCUT2D eigenvalue weighted by molar-refractivity contribution is -0.120. The molecule has 1 unspecified atom stereocenters. The summed E-state index contributed by atoms with van der Waals surface area (Å²) >= 11 is 3.38. The Morgan fingerprint density at radius 2 is 1.64 bits per heavy atom. The molecule has 7 heteroatoms. The summed E-state index contributed by atoms with van der Waals surface area (Å²) in [6.45, 7) is 1.62. The summed E-state index contributed by atoms with van der Waals surface area (Å²) in [5, 5.41) is 2.98. The maximum absolute atomic E-state index is 13.4. The van der Waals surface area contributed by atoms with Gasteiger partial charge in [0.25, 0.3) is 10.0 Å². The normalized spacial score (nSPS) is 14.2.